The predicted molar refractivity (Wildman–Crippen MR) is 187 cm³/mol. The molecule has 6 nitrogen and oxygen atoms in total. The van der Waals surface area contributed by atoms with Gasteiger partial charge in [-0.3, -0.25) is 9.13 Å². The number of hydrogen-bond donors (Lipinski definition) is 0. The summed E-state index contributed by atoms with van der Waals surface area (Å²) in [6, 6.07) is 46.2. The van der Waals surface area contributed by atoms with E-state index in [0.717, 1.165) is 39.3 Å². The van der Waals surface area contributed by atoms with Crippen molar-refractivity contribution in [3.8, 4) is 39.5 Å². The Morgan fingerprint density at radius 2 is 1.04 bits per heavy atom. The Balaban J connectivity index is 1.28. The molecule has 3 aliphatic heterocycles. The Morgan fingerprint density at radius 3 is 1.64 bits per heavy atom. The van der Waals surface area contributed by atoms with Crippen LogP contribution in [-0.4, -0.2) is 6.73 Å². The molecule has 3 heterocycles. The summed E-state index contributed by atoms with van der Waals surface area (Å²) in [7, 11) is -8.04. The third-order valence-electron chi connectivity index (χ3n) is 9.19. The summed E-state index contributed by atoms with van der Waals surface area (Å²) in [6.45, 7) is 0.965. The van der Waals surface area contributed by atoms with Gasteiger partial charge in [0.25, 0.3) is 14.7 Å². The van der Waals surface area contributed by atoms with E-state index in [1.807, 2.05) is 146 Å². The van der Waals surface area contributed by atoms with Gasteiger partial charge in [-0.15, -0.1) is 0 Å². The number of nitrogens with zero attached hydrogens (tertiary/aromatic N) is 1. The van der Waals surface area contributed by atoms with Crippen LogP contribution >= 0.6 is 14.7 Å². The molecule has 8 heteroatoms. The third-order valence-corrected chi connectivity index (χ3v) is 16.0. The monoisotopic (exact) mass is 653 g/mol. The molecule has 0 bridgehead atoms. The minimum Gasteiger partial charge on any atom is -0.473 e. The molecule has 0 saturated heterocycles. The second kappa shape index (κ2) is 10.8. The molecule has 0 aromatic heterocycles. The summed E-state index contributed by atoms with van der Waals surface area (Å²) in [5.74, 6) is 1.73. The number of para-hydroxylation sites is 3. The Labute approximate surface area is 273 Å². The predicted octanol–water partition coefficient (Wildman–Crippen LogP) is 9.37. The van der Waals surface area contributed by atoms with Gasteiger partial charge in [0.2, 0.25) is 0 Å². The Kier molecular flexibility index (Phi) is 6.47. The molecule has 47 heavy (non-hydrogen) atoms. The molecule has 6 aromatic carbocycles. The molecule has 2 unspecified atom stereocenters. The molecule has 0 radical (unpaired) electrons. The average molecular weight is 654 g/mol. The standard InChI is InChI=1S/C39H29NO5P2/c41-46(37-20-10-6-16-32(37)30-14-4-8-18-35(30)44-46)39(47(42)38-21-11-7-17-33(38)31-15-5-9-19-36(31)45-47)27-22-23-34-28(24-27)25-40(26-43-34)29-12-2-1-3-13-29/h1-24,39H,25-26H2. The average Bonchev–Trinajstić information content (AvgIpc) is 3.12. The van der Waals surface area contributed by atoms with Crippen LogP contribution in [0.25, 0.3) is 22.3 Å². The second-order valence-corrected chi connectivity index (χ2v) is 17.1. The molecule has 9 rings (SSSR count). The van der Waals surface area contributed by atoms with Gasteiger partial charge in [-0.05, 0) is 65.2 Å². The molecule has 230 valence electrons. The maximum Gasteiger partial charge on any atom is 0.296 e. The molecule has 0 fully saturated rings. The van der Waals surface area contributed by atoms with Crippen molar-refractivity contribution in [1.29, 1.82) is 0 Å². The lowest BCUT2D eigenvalue weighted by atomic mass is 10.0. The number of ether oxygens (including phenoxy) is 1. The van der Waals surface area contributed by atoms with Gasteiger partial charge in [0.05, 0.1) is 10.6 Å². The van der Waals surface area contributed by atoms with Crippen molar-refractivity contribution < 1.29 is 22.9 Å². The number of rotatable bonds is 4. The lowest BCUT2D eigenvalue weighted by Gasteiger charge is -2.40. The van der Waals surface area contributed by atoms with Crippen molar-refractivity contribution in [2.24, 2.45) is 0 Å². The summed E-state index contributed by atoms with van der Waals surface area (Å²) >= 11 is 0. The minimum atomic E-state index is -4.02. The Hall–Kier alpha value is -5.02. The number of benzene rings is 6. The van der Waals surface area contributed by atoms with Crippen LogP contribution < -0.4 is 29.3 Å². The topological polar surface area (TPSA) is 65.1 Å². The van der Waals surface area contributed by atoms with Crippen molar-refractivity contribution >= 4 is 31.0 Å². The molecule has 6 aromatic rings. The summed E-state index contributed by atoms with van der Waals surface area (Å²) in [5.41, 5.74) is 5.84. The quantitative estimate of drug-likeness (QED) is 0.177. The van der Waals surface area contributed by atoms with Crippen LogP contribution in [-0.2, 0) is 15.7 Å². The summed E-state index contributed by atoms with van der Waals surface area (Å²) in [6.07, 6.45) is 0. The maximum atomic E-state index is 16.1. The van der Waals surface area contributed by atoms with E-state index in [1.165, 1.54) is 0 Å². The highest BCUT2D eigenvalue weighted by molar-refractivity contribution is 7.84. The van der Waals surface area contributed by atoms with Crippen molar-refractivity contribution in [2.75, 3.05) is 11.6 Å². The van der Waals surface area contributed by atoms with Crippen LogP contribution in [0.2, 0.25) is 0 Å². The zero-order valence-electron chi connectivity index (χ0n) is 25.2. The number of hydrogen-bond acceptors (Lipinski definition) is 6. The summed E-state index contributed by atoms with van der Waals surface area (Å²) < 4.78 is 51.7. The van der Waals surface area contributed by atoms with Crippen molar-refractivity contribution in [1.82, 2.24) is 0 Å². The molecule has 0 saturated carbocycles. The molecule has 0 amide bonds. The highest BCUT2D eigenvalue weighted by Crippen LogP contribution is 2.79. The normalized spacial score (nSPS) is 20.9. The van der Waals surface area contributed by atoms with E-state index in [0.29, 0.717) is 40.9 Å². The van der Waals surface area contributed by atoms with Crippen LogP contribution in [0.1, 0.15) is 16.5 Å². The van der Waals surface area contributed by atoms with Crippen molar-refractivity contribution in [3.63, 3.8) is 0 Å². The highest BCUT2D eigenvalue weighted by atomic mass is 31.2. The molecule has 0 aliphatic carbocycles. The smallest absolute Gasteiger partial charge is 0.296 e. The van der Waals surface area contributed by atoms with Crippen LogP contribution in [0, 0.1) is 0 Å². The van der Waals surface area contributed by atoms with Gasteiger partial charge in [0, 0.05) is 28.9 Å². The SMILES string of the molecule is O=P1(C(c2ccc3c(c2)CN(c2ccccc2)CO3)P2(=O)Oc3ccccc3-c3ccccc32)Oc2ccccc2-c2ccccc21. The molecular formula is C39H29NO5P2. The lowest BCUT2D eigenvalue weighted by molar-refractivity contribution is 0.289. The van der Waals surface area contributed by atoms with Crippen LogP contribution in [0.5, 0.6) is 17.2 Å². The van der Waals surface area contributed by atoms with E-state index < -0.39 is 20.1 Å². The summed E-state index contributed by atoms with van der Waals surface area (Å²) in [5, 5.41) is -0.103. The van der Waals surface area contributed by atoms with Crippen molar-refractivity contribution in [2.45, 2.75) is 11.9 Å². The first-order valence-corrected chi connectivity index (χ1v) is 18.9. The molecule has 2 atom stereocenters. The molecular weight excluding hydrogens is 624 g/mol. The molecule has 0 N–H and O–H groups in total. The van der Waals surface area contributed by atoms with Gasteiger partial charge in [-0.2, -0.15) is 0 Å². The first kappa shape index (κ1) is 28.2. The fourth-order valence-corrected chi connectivity index (χ4v) is 14.3. The largest absolute Gasteiger partial charge is 0.473 e. The zero-order valence-corrected chi connectivity index (χ0v) is 27.0. The lowest BCUT2D eigenvalue weighted by Crippen LogP contribution is -2.32. The zero-order chi connectivity index (χ0) is 31.6. The van der Waals surface area contributed by atoms with Crippen LogP contribution in [0.3, 0.4) is 0 Å². The first-order chi connectivity index (χ1) is 23.0. The van der Waals surface area contributed by atoms with Gasteiger partial charge in [-0.25, -0.2) is 0 Å². The van der Waals surface area contributed by atoms with Gasteiger partial charge >= 0.3 is 0 Å². The second-order valence-electron chi connectivity index (χ2n) is 12.0. The van der Waals surface area contributed by atoms with Gasteiger partial charge in [-0.1, -0.05) is 97.1 Å². The Morgan fingerprint density at radius 1 is 0.532 bits per heavy atom. The van der Waals surface area contributed by atoms with Crippen LogP contribution in [0.4, 0.5) is 5.69 Å². The fraction of sp³-hybridized carbons (Fsp3) is 0.0769. The van der Waals surface area contributed by atoms with E-state index in [1.54, 1.807) is 0 Å². The molecule has 3 aliphatic rings. The van der Waals surface area contributed by atoms with E-state index in [9.17, 15) is 0 Å². The summed E-state index contributed by atoms with van der Waals surface area (Å²) in [4.78, 5) is 2.14. The Bertz CT molecular complexity index is 2180. The minimum absolute atomic E-state index is 0.400. The molecule has 0 spiro atoms. The van der Waals surface area contributed by atoms with E-state index in [2.05, 4.69) is 4.90 Å². The van der Waals surface area contributed by atoms with Gasteiger partial charge in [0.1, 0.15) is 17.2 Å². The van der Waals surface area contributed by atoms with E-state index >= 15 is 9.13 Å². The van der Waals surface area contributed by atoms with Gasteiger partial charge in [0.15, 0.2) is 12.1 Å². The first-order valence-electron chi connectivity index (χ1n) is 15.6. The fourth-order valence-electron chi connectivity index (χ4n) is 7.06. The van der Waals surface area contributed by atoms with E-state index in [-0.39, 0.29) is 0 Å². The maximum absolute atomic E-state index is 16.1. The van der Waals surface area contributed by atoms with Crippen molar-refractivity contribution in [3.05, 3.63) is 157 Å². The number of anilines is 1. The highest BCUT2D eigenvalue weighted by Gasteiger charge is 2.57. The third kappa shape index (κ3) is 4.40. The van der Waals surface area contributed by atoms with Gasteiger partial charge < -0.3 is 18.7 Å². The number of fused-ring (bicyclic) bond motifs is 7. The van der Waals surface area contributed by atoms with Crippen LogP contribution in [0.15, 0.2) is 146 Å². The van der Waals surface area contributed by atoms with E-state index in [4.69, 9.17) is 13.8 Å².